The Morgan fingerprint density at radius 2 is 1.86 bits per heavy atom. The Balaban J connectivity index is 1.44. The first kappa shape index (κ1) is 21.0. The van der Waals surface area contributed by atoms with Crippen molar-refractivity contribution in [2.24, 2.45) is 0 Å². The van der Waals surface area contributed by atoms with Crippen LogP contribution in [0.25, 0.3) is 0 Å². The summed E-state index contributed by atoms with van der Waals surface area (Å²) in [5.41, 5.74) is 1.16. The molecule has 0 unspecified atom stereocenters. The van der Waals surface area contributed by atoms with E-state index in [9.17, 15) is 9.59 Å². The van der Waals surface area contributed by atoms with E-state index in [-0.39, 0.29) is 11.9 Å². The van der Waals surface area contributed by atoms with Gasteiger partial charge in [-0.15, -0.1) is 10.2 Å². The largest absolute Gasteiger partial charge is 0.368 e. The van der Waals surface area contributed by atoms with Gasteiger partial charge in [0.2, 0.25) is 11.0 Å². The molecule has 1 aromatic heterocycles. The summed E-state index contributed by atoms with van der Waals surface area (Å²) in [7, 11) is 0. The number of rotatable bonds is 7. The molecule has 1 aliphatic heterocycles. The summed E-state index contributed by atoms with van der Waals surface area (Å²) >= 11 is 1.38. The maximum Gasteiger partial charge on any atom is 0.318 e. The third-order valence-electron chi connectivity index (χ3n) is 4.86. The molecule has 1 atom stereocenters. The number of carbonyl (C=O) groups is 2. The van der Waals surface area contributed by atoms with E-state index in [0.29, 0.717) is 18.2 Å². The Morgan fingerprint density at radius 1 is 1.14 bits per heavy atom. The molecular weight excluding hydrogens is 388 g/mol. The number of piperazine rings is 1. The van der Waals surface area contributed by atoms with Gasteiger partial charge in [-0.05, 0) is 25.5 Å². The van der Waals surface area contributed by atoms with Gasteiger partial charge in [0.25, 0.3) is 0 Å². The Morgan fingerprint density at radius 3 is 2.55 bits per heavy atom. The first-order valence-electron chi connectivity index (χ1n) is 10.1. The Bertz CT molecular complexity index is 804. The molecule has 8 nitrogen and oxygen atoms in total. The van der Waals surface area contributed by atoms with Crippen molar-refractivity contribution in [1.82, 2.24) is 20.4 Å². The van der Waals surface area contributed by atoms with Gasteiger partial charge in [0, 0.05) is 38.3 Å². The zero-order chi connectivity index (χ0) is 20.6. The van der Waals surface area contributed by atoms with Crippen LogP contribution in [0.5, 0.6) is 0 Å². The first-order chi connectivity index (χ1) is 14.1. The summed E-state index contributed by atoms with van der Waals surface area (Å²) in [4.78, 5) is 28.9. The molecule has 29 heavy (non-hydrogen) atoms. The van der Waals surface area contributed by atoms with Crippen LogP contribution < -0.4 is 15.5 Å². The van der Waals surface area contributed by atoms with Gasteiger partial charge < -0.3 is 15.1 Å². The number of aryl methyl sites for hydroxylation is 1. The number of urea groups is 1. The molecule has 3 rings (SSSR count). The van der Waals surface area contributed by atoms with Crippen molar-refractivity contribution in [2.75, 3.05) is 36.4 Å². The molecule has 0 spiro atoms. The monoisotopic (exact) mass is 416 g/mol. The lowest BCUT2D eigenvalue weighted by molar-refractivity contribution is -0.117. The Hall–Kier alpha value is -2.68. The fourth-order valence-electron chi connectivity index (χ4n) is 3.10. The van der Waals surface area contributed by atoms with Crippen LogP contribution in [-0.4, -0.2) is 59.3 Å². The highest BCUT2D eigenvalue weighted by Crippen LogP contribution is 2.18. The highest BCUT2D eigenvalue weighted by Gasteiger charge is 2.24. The maximum atomic E-state index is 12.5. The van der Waals surface area contributed by atoms with Crippen LogP contribution in [0.3, 0.4) is 0 Å². The molecule has 2 aromatic rings. The van der Waals surface area contributed by atoms with Gasteiger partial charge >= 0.3 is 6.03 Å². The van der Waals surface area contributed by atoms with Gasteiger partial charge in [0.15, 0.2) is 0 Å². The van der Waals surface area contributed by atoms with E-state index < -0.39 is 6.04 Å². The summed E-state index contributed by atoms with van der Waals surface area (Å²) in [6.07, 6.45) is 3.00. The van der Waals surface area contributed by atoms with Crippen LogP contribution in [-0.2, 0) is 11.2 Å². The fraction of sp³-hybridized carbons (Fsp3) is 0.500. The quantitative estimate of drug-likeness (QED) is 0.724. The number of hydrogen-bond acceptors (Lipinski definition) is 6. The van der Waals surface area contributed by atoms with Crippen molar-refractivity contribution in [1.29, 1.82) is 0 Å². The molecule has 0 bridgehead atoms. The molecule has 1 aromatic carbocycles. The zero-order valence-corrected chi connectivity index (χ0v) is 17.7. The van der Waals surface area contributed by atoms with Crippen LogP contribution in [0.4, 0.5) is 15.6 Å². The van der Waals surface area contributed by atoms with Crippen molar-refractivity contribution < 1.29 is 9.59 Å². The van der Waals surface area contributed by atoms with E-state index in [4.69, 9.17) is 0 Å². The molecule has 1 aliphatic rings. The number of unbranched alkanes of at least 4 members (excludes halogenated alkanes) is 1. The minimum absolute atomic E-state index is 0.221. The zero-order valence-electron chi connectivity index (χ0n) is 16.9. The lowest BCUT2D eigenvalue weighted by Crippen LogP contribution is -2.54. The van der Waals surface area contributed by atoms with Gasteiger partial charge in [-0.25, -0.2) is 4.79 Å². The first-order valence-corrected chi connectivity index (χ1v) is 10.9. The van der Waals surface area contributed by atoms with Crippen molar-refractivity contribution in [3.8, 4) is 0 Å². The third-order valence-corrected chi connectivity index (χ3v) is 5.76. The van der Waals surface area contributed by atoms with Crippen molar-refractivity contribution in [3.05, 3.63) is 35.3 Å². The molecule has 9 heteroatoms. The lowest BCUT2D eigenvalue weighted by Gasteiger charge is -2.36. The minimum atomic E-state index is -0.655. The Labute approximate surface area is 175 Å². The second kappa shape index (κ2) is 10.2. The summed E-state index contributed by atoms with van der Waals surface area (Å²) in [6.45, 7) is 6.56. The van der Waals surface area contributed by atoms with Gasteiger partial charge in [0.05, 0.1) is 0 Å². The van der Waals surface area contributed by atoms with Crippen LogP contribution >= 0.6 is 11.3 Å². The van der Waals surface area contributed by atoms with Gasteiger partial charge in [0.1, 0.15) is 11.0 Å². The fourth-order valence-corrected chi connectivity index (χ4v) is 3.88. The standard InChI is InChI=1S/C20H28N6O2S/c1-3-4-10-17-23-24-19(29-17)22-18(27)15(2)21-20(28)26-13-11-25(12-14-26)16-8-6-5-7-9-16/h5-9,15H,3-4,10-14H2,1-2H3,(H,21,28)(H,22,24,27)/t15-/m1/s1. The number of amides is 3. The Kier molecular flexibility index (Phi) is 7.40. The van der Waals surface area contributed by atoms with Crippen LogP contribution in [0.2, 0.25) is 0 Å². The average Bonchev–Trinajstić information content (AvgIpc) is 3.20. The highest BCUT2D eigenvalue weighted by molar-refractivity contribution is 7.15. The molecule has 2 N–H and O–H groups in total. The second-order valence-electron chi connectivity index (χ2n) is 7.07. The summed E-state index contributed by atoms with van der Waals surface area (Å²) in [5, 5.41) is 15.0. The van der Waals surface area contributed by atoms with Crippen molar-refractivity contribution in [3.63, 3.8) is 0 Å². The van der Waals surface area contributed by atoms with E-state index in [0.717, 1.165) is 43.0 Å². The van der Waals surface area contributed by atoms with E-state index in [1.165, 1.54) is 11.3 Å². The summed E-state index contributed by atoms with van der Waals surface area (Å²) in [6, 6.07) is 9.29. The molecule has 2 heterocycles. The van der Waals surface area contributed by atoms with Gasteiger partial charge in [-0.2, -0.15) is 0 Å². The molecular formula is C20H28N6O2S. The van der Waals surface area contributed by atoms with Crippen LogP contribution in [0, 0.1) is 0 Å². The number of hydrogen-bond donors (Lipinski definition) is 2. The van der Waals surface area contributed by atoms with E-state index >= 15 is 0 Å². The van der Waals surface area contributed by atoms with E-state index in [1.54, 1.807) is 11.8 Å². The lowest BCUT2D eigenvalue weighted by atomic mass is 10.2. The number of nitrogens with zero attached hydrogens (tertiary/aromatic N) is 4. The summed E-state index contributed by atoms with van der Waals surface area (Å²) < 4.78 is 0. The highest BCUT2D eigenvalue weighted by atomic mass is 32.1. The number of nitrogens with one attached hydrogen (secondary N) is 2. The molecule has 156 valence electrons. The molecule has 0 saturated carbocycles. The van der Waals surface area contributed by atoms with Gasteiger partial charge in [-0.1, -0.05) is 42.9 Å². The molecule has 3 amide bonds. The van der Waals surface area contributed by atoms with E-state index in [1.807, 2.05) is 18.2 Å². The predicted molar refractivity (Wildman–Crippen MR) is 115 cm³/mol. The normalized spacial score (nSPS) is 15.1. The SMILES string of the molecule is CCCCc1nnc(NC(=O)[C@@H](C)NC(=O)N2CCN(c3ccccc3)CC2)s1. The van der Waals surface area contributed by atoms with E-state index in [2.05, 4.69) is 44.8 Å². The van der Waals surface area contributed by atoms with Crippen LogP contribution in [0.15, 0.2) is 30.3 Å². The van der Waals surface area contributed by atoms with Gasteiger partial charge in [-0.3, -0.25) is 10.1 Å². The van der Waals surface area contributed by atoms with Crippen LogP contribution in [0.1, 0.15) is 31.7 Å². The second-order valence-corrected chi connectivity index (χ2v) is 8.14. The number of para-hydroxylation sites is 1. The number of benzene rings is 1. The minimum Gasteiger partial charge on any atom is -0.368 e. The maximum absolute atomic E-state index is 12.5. The molecule has 0 aliphatic carbocycles. The third kappa shape index (κ3) is 5.90. The number of carbonyl (C=O) groups excluding carboxylic acids is 2. The summed E-state index contributed by atoms with van der Waals surface area (Å²) in [5.74, 6) is -0.292. The molecule has 0 radical (unpaired) electrons. The average molecular weight is 417 g/mol. The number of aromatic nitrogens is 2. The van der Waals surface area contributed by atoms with Crippen molar-refractivity contribution >= 4 is 34.1 Å². The topological polar surface area (TPSA) is 90.5 Å². The molecule has 1 saturated heterocycles. The number of anilines is 2. The predicted octanol–water partition coefficient (Wildman–Crippen LogP) is 2.74. The van der Waals surface area contributed by atoms with Crippen molar-refractivity contribution in [2.45, 2.75) is 39.2 Å². The molecule has 1 fully saturated rings. The smallest absolute Gasteiger partial charge is 0.318 e.